The van der Waals surface area contributed by atoms with Gasteiger partial charge in [0.25, 0.3) is 0 Å². The van der Waals surface area contributed by atoms with Gasteiger partial charge in [-0.15, -0.1) is 23.1 Å². The van der Waals surface area contributed by atoms with E-state index >= 15 is 0 Å². The molecule has 0 atom stereocenters. The number of benzene rings is 2. The number of ketones is 1. The first-order valence-electron chi connectivity index (χ1n) is 7.75. The van der Waals surface area contributed by atoms with E-state index in [2.05, 4.69) is 16.0 Å². The van der Waals surface area contributed by atoms with Gasteiger partial charge in [0.05, 0.1) is 16.0 Å². The normalized spacial score (nSPS) is 11.4. The molecule has 4 rings (SSSR count). The Kier molecular flexibility index (Phi) is 4.12. The Morgan fingerprint density at radius 2 is 1.96 bits per heavy atom. The summed E-state index contributed by atoms with van der Waals surface area (Å²) in [4.78, 5) is 20.6. The highest BCUT2D eigenvalue weighted by molar-refractivity contribution is 7.99. The van der Waals surface area contributed by atoms with Crippen LogP contribution in [0.3, 0.4) is 0 Å². The van der Waals surface area contributed by atoms with E-state index in [9.17, 15) is 4.79 Å². The van der Waals surface area contributed by atoms with Gasteiger partial charge in [0, 0.05) is 27.9 Å². The minimum absolute atomic E-state index is 0.177. The molecule has 0 fully saturated rings. The third-order valence-corrected chi connectivity index (χ3v) is 6.13. The number of H-pyrrole nitrogens is 1. The molecule has 0 saturated heterocycles. The van der Waals surface area contributed by atoms with Crippen molar-refractivity contribution in [2.45, 2.75) is 12.7 Å². The average molecular weight is 352 g/mol. The van der Waals surface area contributed by atoms with Crippen molar-refractivity contribution >= 4 is 50.0 Å². The van der Waals surface area contributed by atoms with E-state index in [-0.39, 0.29) is 5.78 Å². The number of aryl methyl sites for hydroxylation is 1. The Balaban J connectivity index is 1.47. The SMILES string of the molecule is Cc1[nH]c2ccccc2c1C(=O)CSCc1nc2ccccc2s1. The first kappa shape index (κ1) is 15.4. The average Bonchev–Trinajstić information content (AvgIpc) is 3.13. The van der Waals surface area contributed by atoms with Crippen molar-refractivity contribution in [1.82, 2.24) is 9.97 Å². The summed E-state index contributed by atoms with van der Waals surface area (Å²) in [6.45, 7) is 1.96. The number of thiazole rings is 1. The maximum Gasteiger partial charge on any atom is 0.175 e. The van der Waals surface area contributed by atoms with Crippen LogP contribution in [-0.2, 0) is 5.75 Å². The topological polar surface area (TPSA) is 45.8 Å². The smallest absolute Gasteiger partial charge is 0.175 e. The zero-order chi connectivity index (χ0) is 16.5. The largest absolute Gasteiger partial charge is 0.358 e. The number of nitrogens with zero attached hydrogens (tertiary/aromatic N) is 1. The number of thioether (sulfide) groups is 1. The van der Waals surface area contributed by atoms with Crippen LogP contribution in [-0.4, -0.2) is 21.5 Å². The lowest BCUT2D eigenvalue weighted by atomic mass is 10.1. The van der Waals surface area contributed by atoms with Gasteiger partial charge in [-0.3, -0.25) is 4.79 Å². The molecule has 0 spiro atoms. The zero-order valence-electron chi connectivity index (χ0n) is 13.2. The molecule has 0 saturated carbocycles. The van der Waals surface area contributed by atoms with Gasteiger partial charge in [-0.05, 0) is 25.1 Å². The molecule has 5 heteroatoms. The molecule has 0 unspecified atom stereocenters. The van der Waals surface area contributed by atoms with Crippen molar-refractivity contribution in [2.24, 2.45) is 0 Å². The van der Waals surface area contributed by atoms with E-state index in [1.165, 1.54) is 4.70 Å². The van der Waals surface area contributed by atoms with Gasteiger partial charge >= 0.3 is 0 Å². The number of aromatic amines is 1. The second kappa shape index (κ2) is 6.42. The Labute approximate surface area is 148 Å². The number of hydrogen-bond acceptors (Lipinski definition) is 4. The summed E-state index contributed by atoms with van der Waals surface area (Å²) in [6.07, 6.45) is 0. The van der Waals surface area contributed by atoms with E-state index in [1.807, 2.05) is 49.4 Å². The number of para-hydroxylation sites is 2. The van der Waals surface area contributed by atoms with Crippen LogP contribution in [0.15, 0.2) is 48.5 Å². The second-order valence-corrected chi connectivity index (χ2v) is 7.76. The summed E-state index contributed by atoms with van der Waals surface area (Å²) in [6, 6.07) is 16.1. The highest BCUT2D eigenvalue weighted by atomic mass is 32.2. The Bertz CT molecular complexity index is 999. The lowest BCUT2D eigenvalue weighted by Crippen LogP contribution is -2.03. The van der Waals surface area contributed by atoms with E-state index < -0.39 is 0 Å². The Morgan fingerprint density at radius 3 is 2.83 bits per heavy atom. The molecule has 0 aliphatic rings. The molecular formula is C19H16N2OS2. The quantitative estimate of drug-likeness (QED) is 0.502. The van der Waals surface area contributed by atoms with Crippen LogP contribution in [0.1, 0.15) is 21.1 Å². The monoisotopic (exact) mass is 352 g/mol. The predicted molar refractivity (Wildman–Crippen MR) is 103 cm³/mol. The van der Waals surface area contributed by atoms with E-state index in [0.29, 0.717) is 5.75 Å². The van der Waals surface area contributed by atoms with Gasteiger partial charge in [0.15, 0.2) is 5.78 Å². The van der Waals surface area contributed by atoms with Crippen molar-refractivity contribution < 1.29 is 4.79 Å². The van der Waals surface area contributed by atoms with Crippen molar-refractivity contribution in [3.63, 3.8) is 0 Å². The fourth-order valence-corrected chi connectivity index (χ4v) is 4.84. The molecule has 2 heterocycles. The Morgan fingerprint density at radius 1 is 1.17 bits per heavy atom. The lowest BCUT2D eigenvalue weighted by Gasteiger charge is -2.01. The zero-order valence-corrected chi connectivity index (χ0v) is 14.8. The molecule has 0 bridgehead atoms. The number of Topliss-reactive ketones (excluding diaryl/α,β-unsaturated/α-hetero) is 1. The highest BCUT2D eigenvalue weighted by Gasteiger charge is 2.16. The van der Waals surface area contributed by atoms with Crippen molar-refractivity contribution in [2.75, 3.05) is 5.75 Å². The predicted octanol–water partition coefficient (Wildman–Crippen LogP) is 5.20. The molecule has 4 aromatic rings. The number of nitrogens with one attached hydrogen (secondary N) is 1. The summed E-state index contributed by atoms with van der Waals surface area (Å²) >= 11 is 3.33. The molecule has 1 N–H and O–H groups in total. The van der Waals surface area contributed by atoms with Crippen molar-refractivity contribution in [1.29, 1.82) is 0 Å². The van der Waals surface area contributed by atoms with Crippen LogP contribution in [0, 0.1) is 6.92 Å². The molecule has 3 nitrogen and oxygen atoms in total. The molecule has 24 heavy (non-hydrogen) atoms. The van der Waals surface area contributed by atoms with Crippen LogP contribution < -0.4 is 0 Å². The minimum Gasteiger partial charge on any atom is -0.358 e. The third-order valence-electron chi connectivity index (χ3n) is 3.97. The fraction of sp³-hybridized carbons (Fsp3) is 0.158. The van der Waals surface area contributed by atoms with Gasteiger partial charge in [0.2, 0.25) is 0 Å². The molecule has 2 aromatic heterocycles. The second-order valence-electron chi connectivity index (χ2n) is 5.66. The molecule has 0 amide bonds. The summed E-state index contributed by atoms with van der Waals surface area (Å²) in [5.41, 5.74) is 3.83. The van der Waals surface area contributed by atoms with E-state index in [0.717, 1.165) is 38.4 Å². The van der Waals surface area contributed by atoms with Crippen molar-refractivity contribution in [3.8, 4) is 0 Å². The summed E-state index contributed by atoms with van der Waals surface area (Å²) < 4.78 is 1.20. The van der Waals surface area contributed by atoms with Crippen LogP contribution in [0.4, 0.5) is 0 Å². The first-order valence-corrected chi connectivity index (χ1v) is 9.72. The number of aromatic nitrogens is 2. The first-order chi connectivity index (χ1) is 11.7. The standard InChI is InChI=1S/C19H16N2OS2/c1-12-19(13-6-2-3-7-14(13)20-12)16(22)10-23-11-18-21-15-8-4-5-9-17(15)24-18/h2-9,20H,10-11H2,1H3. The number of fused-ring (bicyclic) bond motifs is 2. The number of carbonyl (C=O) groups excluding carboxylic acids is 1. The third kappa shape index (κ3) is 2.85. The van der Waals surface area contributed by atoms with E-state index in [1.54, 1.807) is 23.1 Å². The fourth-order valence-electron chi connectivity index (χ4n) is 2.92. The lowest BCUT2D eigenvalue weighted by molar-refractivity contribution is 0.102. The van der Waals surface area contributed by atoms with Crippen LogP contribution in [0.2, 0.25) is 0 Å². The molecule has 0 radical (unpaired) electrons. The van der Waals surface area contributed by atoms with Gasteiger partial charge in [0.1, 0.15) is 5.01 Å². The van der Waals surface area contributed by atoms with Crippen molar-refractivity contribution in [3.05, 3.63) is 64.8 Å². The molecular weight excluding hydrogens is 336 g/mol. The van der Waals surface area contributed by atoms with Crippen LogP contribution in [0.25, 0.3) is 21.1 Å². The van der Waals surface area contributed by atoms with Crippen LogP contribution >= 0.6 is 23.1 Å². The van der Waals surface area contributed by atoms with Gasteiger partial charge in [-0.25, -0.2) is 4.98 Å². The van der Waals surface area contributed by atoms with E-state index in [4.69, 9.17) is 0 Å². The Hall–Kier alpha value is -2.11. The molecule has 0 aliphatic carbocycles. The minimum atomic E-state index is 0.177. The van der Waals surface area contributed by atoms with Gasteiger partial charge < -0.3 is 4.98 Å². The molecule has 0 aliphatic heterocycles. The molecule has 120 valence electrons. The number of carbonyl (C=O) groups is 1. The van der Waals surface area contributed by atoms with Gasteiger partial charge in [-0.1, -0.05) is 30.3 Å². The maximum atomic E-state index is 12.6. The summed E-state index contributed by atoms with van der Waals surface area (Å²) in [5, 5.41) is 2.09. The highest BCUT2D eigenvalue weighted by Crippen LogP contribution is 2.27. The molecule has 2 aromatic carbocycles. The number of hydrogen-bond donors (Lipinski definition) is 1. The van der Waals surface area contributed by atoms with Gasteiger partial charge in [-0.2, -0.15) is 0 Å². The summed E-state index contributed by atoms with van der Waals surface area (Å²) in [7, 11) is 0. The summed E-state index contributed by atoms with van der Waals surface area (Å²) in [5.74, 6) is 1.42. The maximum absolute atomic E-state index is 12.6. The number of rotatable bonds is 5. The van der Waals surface area contributed by atoms with Crippen LogP contribution in [0.5, 0.6) is 0 Å².